The van der Waals surface area contributed by atoms with Crippen molar-refractivity contribution in [3.8, 4) is 11.8 Å². The highest BCUT2D eigenvalue weighted by Gasteiger charge is 2.05. The zero-order chi connectivity index (χ0) is 10.4. The number of nitrogens with zero attached hydrogens (tertiary/aromatic N) is 1. The molecule has 0 aliphatic rings. The Morgan fingerprint density at radius 2 is 2.36 bits per heavy atom. The van der Waals surface area contributed by atoms with Crippen molar-refractivity contribution >= 4 is 6.08 Å². The van der Waals surface area contributed by atoms with Crippen LogP contribution in [0.15, 0.2) is 24.8 Å². The number of hydrogen-bond acceptors (Lipinski definition) is 2. The molecule has 0 bridgehead atoms. The van der Waals surface area contributed by atoms with Crippen LogP contribution in [0.1, 0.15) is 24.5 Å². The van der Waals surface area contributed by atoms with Crippen LogP contribution in [0.4, 0.5) is 0 Å². The number of benzene rings is 1. The highest BCUT2D eigenvalue weighted by Crippen LogP contribution is 2.22. The number of rotatable bonds is 4. The third-order valence-electron chi connectivity index (χ3n) is 1.85. The van der Waals surface area contributed by atoms with Crippen molar-refractivity contribution in [2.75, 3.05) is 6.61 Å². The van der Waals surface area contributed by atoms with Crippen LogP contribution in [0.25, 0.3) is 6.08 Å². The zero-order valence-electron chi connectivity index (χ0n) is 8.29. The summed E-state index contributed by atoms with van der Waals surface area (Å²) in [4.78, 5) is 0. The van der Waals surface area contributed by atoms with Crippen LogP contribution in [-0.2, 0) is 0 Å². The van der Waals surface area contributed by atoms with E-state index in [2.05, 4.69) is 12.6 Å². The molecule has 2 heteroatoms. The molecule has 0 heterocycles. The van der Waals surface area contributed by atoms with E-state index in [4.69, 9.17) is 10.00 Å². The molecule has 0 fully saturated rings. The van der Waals surface area contributed by atoms with Crippen LogP contribution >= 0.6 is 0 Å². The summed E-state index contributed by atoms with van der Waals surface area (Å²) in [6.07, 6.45) is 2.60. The lowest BCUT2D eigenvalue weighted by molar-refractivity contribution is 0.316. The summed E-state index contributed by atoms with van der Waals surface area (Å²) in [6.45, 7) is 6.32. The highest BCUT2D eigenvalue weighted by molar-refractivity contribution is 5.61. The van der Waals surface area contributed by atoms with Crippen LogP contribution in [-0.4, -0.2) is 6.61 Å². The van der Waals surface area contributed by atoms with Crippen molar-refractivity contribution in [3.05, 3.63) is 35.9 Å². The molecule has 0 atom stereocenters. The smallest absolute Gasteiger partial charge is 0.137 e. The van der Waals surface area contributed by atoms with Crippen LogP contribution in [0, 0.1) is 11.3 Å². The van der Waals surface area contributed by atoms with Crippen LogP contribution in [0.5, 0.6) is 5.75 Å². The minimum atomic E-state index is 0.566. The van der Waals surface area contributed by atoms with Gasteiger partial charge in [-0.25, -0.2) is 0 Å². The van der Waals surface area contributed by atoms with Gasteiger partial charge >= 0.3 is 0 Å². The lowest BCUT2D eigenvalue weighted by atomic mass is 10.1. The summed E-state index contributed by atoms with van der Waals surface area (Å²) in [5.41, 5.74) is 1.39. The van der Waals surface area contributed by atoms with Gasteiger partial charge in [-0.1, -0.05) is 31.7 Å². The number of hydrogen-bond donors (Lipinski definition) is 0. The number of ether oxygens (including phenoxy) is 1. The molecule has 0 radical (unpaired) electrons. The maximum atomic E-state index is 8.95. The molecule has 2 nitrogen and oxygen atoms in total. The molecule has 0 amide bonds. The Hall–Kier alpha value is -1.75. The Morgan fingerprint density at radius 1 is 1.57 bits per heavy atom. The standard InChI is InChI=1S/C12H13NO/c1-3-8-14-12-7-5-6-10(4-2)11(12)9-13/h4-7H,2-3,8H2,1H3. The molecule has 0 saturated carbocycles. The van der Waals surface area contributed by atoms with Crippen LogP contribution in [0.2, 0.25) is 0 Å². The predicted octanol–water partition coefficient (Wildman–Crippen LogP) is 2.99. The maximum Gasteiger partial charge on any atom is 0.137 e. The molecule has 0 spiro atoms. The molecule has 0 saturated heterocycles. The van der Waals surface area contributed by atoms with E-state index in [0.29, 0.717) is 17.9 Å². The quantitative estimate of drug-likeness (QED) is 0.726. The fourth-order valence-corrected chi connectivity index (χ4v) is 1.17. The van der Waals surface area contributed by atoms with E-state index in [0.717, 1.165) is 12.0 Å². The predicted molar refractivity (Wildman–Crippen MR) is 57.0 cm³/mol. The Kier molecular flexibility index (Phi) is 3.75. The van der Waals surface area contributed by atoms with E-state index in [1.807, 2.05) is 19.1 Å². The normalized spacial score (nSPS) is 9.14. The highest BCUT2D eigenvalue weighted by atomic mass is 16.5. The molecule has 0 aliphatic carbocycles. The monoisotopic (exact) mass is 187 g/mol. The van der Waals surface area contributed by atoms with Gasteiger partial charge in [-0.15, -0.1) is 0 Å². The van der Waals surface area contributed by atoms with Gasteiger partial charge < -0.3 is 4.74 Å². The third-order valence-corrected chi connectivity index (χ3v) is 1.85. The SMILES string of the molecule is C=Cc1cccc(OCCC)c1C#N. The molecule has 1 aromatic rings. The molecule has 1 rings (SSSR count). The lowest BCUT2D eigenvalue weighted by Gasteiger charge is -2.07. The average Bonchev–Trinajstić information content (AvgIpc) is 2.25. The van der Waals surface area contributed by atoms with E-state index >= 15 is 0 Å². The second-order valence-corrected chi connectivity index (χ2v) is 2.88. The van der Waals surface area contributed by atoms with E-state index < -0.39 is 0 Å². The fourth-order valence-electron chi connectivity index (χ4n) is 1.17. The molecule has 0 aromatic heterocycles. The molecule has 72 valence electrons. The largest absolute Gasteiger partial charge is 0.492 e. The zero-order valence-corrected chi connectivity index (χ0v) is 8.29. The molecule has 14 heavy (non-hydrogen) atoms. The van der Waals surface area contributed by atoms with E-state index in [1.54, 1.807) is 12.1 Å². The summed E-state index contributed by atoms with van der Waals surface area (Å²) >= 11 is 0. The molecule has 0 unspecified atom stereocenters. The van der Waals surface area contributed by atoms with Gasteiger partial charge in [-0.05, 0) is 18.1 Å². The van der Waals surface area contributed by atoms with Crippen molar-refractivity contribution in [2.24, 2.45) is 0 Å². The Bertz CT molecular complexity index is 363. The first-order valence-electron chi connectivity index (χ1n) is 4.61. The van der Waals surface area contributed by atoms with Gasteiger partial charge in [0.05, 0.1) is 6.61 Å². The molecular formula is C12H13NO. The number of nitriles is 1. The van der Waals surface area contributed by atoms with Gasteiger partial charge in [-0.2, -0.15) is 5.26 Å². The minimum absolute atomic E-state index is 0.566. The van der Waals surface area contributed by atoms with E-state index in [-0.39, 0.29) is 0 Å². The van der Waals surface area contributed by atoms with Crippen LogP contribution < -0.4 is 4.74 Å². The summed E-state index contributed by atoms with van der Waals surface area (Å²) < 4.78 is 5.45. The Labute approximate surface area is 84.4 Å². The van der Waals surface area contributed by atoms with E-state index in [1.165, 1.54) is 0 Å². The van der Waals surface area contributed by atoms with Crippen molar-refractivity contribution in [3.63, 3.8) is 0 Å². The molecule has 1 aromatic carbocycles. The van der Waals surface area contributed by atoms with Gasteiger partial charge in [0, 0.05) is 0 Å². The second-order valence-electron chi connectivity index (χ2n) is 2.88. The first kappa shape index (κ1) is 10.3. The Balaban J connectivity index is 3.04. The van der Waals surface area contributed by atoms with Crippen molar-refractivity contribution in [1.82, 2.24) is 0 Å². The van der Waals surface area contributed by atoms with Gasteiger partial charge in [0.25, 0.3) is 0 Å². The summed E-state index contributed by atoms with van der Waals surface area (Å²) in [6, 6.07) is 7.65. The van der Waals surface area contributed by atoms with Crippen molar-refractivity contribution < 1.29 is 4.74 Å². The van der Waals surface area contributed by atoms with Crippen molar-refractivity contribution in [1.29, 1.82) is 5.26 Å². The van der Waals surface area contributed by atoms with Gasteiger partial charge in [-0.3, -0.25) is 0 Å². The van der Waals surface area contributed by atoms with Crippen LogP contribution in [0.3, 0.4) is 0 Å². The topological polar surface area (TPSA) is 33.0 Å². The maximum absolute atomic E-state index is 8.95. The van der Waals surface area contributed by atoms with Gasteiger partial charge in [0.1, 0.15) is 17.4 Å². The lowest BCUT2D eigenvalue weighted by Crippen LogP contribution is -1.98. The summed E-state index contributed by atoms with van der Waals surface area (Å²) in [7, 11) is 0. The molecular weight excluding hydrogens is 174 g/mol. The molecule has 0 N–H and O–H groups in total. The van der Waals surface area contributed by atoms with Gasteiger partial charge in [0.2, 0.25) is 0 Å². The molecule has 0 aliphatic heterocycles. The summed E-state index contributed by atoms with van der Waals surface area (Å²) in [5.74, 6) is 0.645. The van der Waals surface area contributed by atoms with E-state index in [9.17, 15) is 0 Å². The first-order chi connectivity index (χ1) is 6.83. The fraction of sp³-hybridized carbons (Fsp3) is 0.250. The minimum Gasteiger partial charge on any atom is -0.492 e. The average molecular weight is 187 g/mol. The summed E-state index contributed by atoms with van der Waals surface area (Å²) in [5, 5.41) is 8.95. The Morgan fingerprint density at radius 3 is 2.93 bits per heavy atom. The second kappa shape index (κ2) is 5.08. The van der Waals surface area contributed by atoms with Gasteiger partial charge in [0.15, 0.2) is 0 Å². The van der Waals surface area contributed by atoms with Crippen molar-refractivity contribution in [2.45, 2.75) is 13.3 Å². The first-order valence-corrected chi connectivity index (χ1v) is 4.61. The third kappa shape index (κ3) is 2.14.